The van der Waals surface area contributed by atoms with E-state index in [-0.39, 0.29) is 12.3 Å². The third kappa shape index (κ3) is 1.78. The highest BCUT2D eigenvalue weighted by molar-refractivity contribution is 5.68. The van der Waals surface area contributed by atoms with Gasteiger partial charge in [-0.1, -0.05) is 13.0 Å². The number of carboxylic acids is 1. The minimum Gasteiger partial charge on any atom is -0.481 e. The summed E-state index contributed by atoms with van der Waals surface area (Å²) >= 11 is 0. The second-order valence-electron chi connectivity index (χ2n) is 4.01. The van der Waals surface area contributed by atoms with Crippen molar-refractivity contribution in [1.29, 1.82) is 0 Å². The smallest absolute Gasteiger partial charge is 0.304 e. The van der Waals surface area contributed by atoms with E-state index >= 15 is 0 Å². The molecule has 16 heavy (non-hydrogen) atoms. The van der Waals surface area contributed by atoms with Crippen molar-refractivity contribution in [3.05, 3.63) is 35.8 Å². The first-order valence-corrected chi connectivity index (χ1v) is 5.25. The van der Waals surface area contributed by atoms with Gasteiger partial charge in [-0.3, -0.25) is 4.79 Å². The van der Waals surface area contributed by atoms with Crippen LogP contribution in [0, 0.1) is 6.92 Å². The molecule has 1 N–H and O–H groups in total. The maximum absolute atomic E-state index is 10.7. The summed E-state index contributed by atoms with van der Waals surface area (Å²) in [7, 11) is 0. The Bertz CT molecular complexity index is 531. The zero-order valence-electron chi connectivity index (χ0n) is 9.34. The molecular formula is C12H14N2O2. The first-order chi connectivity index (χ1) is 7.59. The molecule has 0 amide bonds. The quantitative estimate of drug-likeness (QED) is 0.859. The lowest BCUT2D eigenvalue weighted by molar-refractivity contribution is -0.137. The van der Waals surface area contributed by atoms with Crippen LogP contribution >= 0.6 is 0 Å². The van der Waals surface area contributed by atoms with Gasteiger partial charge in [0.1, 0.15) is 5.65 Å². The molecule has 4 nitrogen and oxygen atoms in total. The van der Waals surface area contributed by atoms with Gasteiger partial charge in [0.05, 0.1) is 12.1 Å². The molecule has 0 radical (unpaired) electrons. The van der Waals surface area contributed by atoms with E-state index in [1.165, 1.54) is 0 Å². The number of aryl methyl sites for hydroxylation is 1. The van der Waals surface area contributed by atoms with Crippen LogP contribution in [-0.2, 0) is 4.79 Å². The van der Waals surface area contributed by atoms with Crippen molar-refractivity contribution in [2.45, 2.75) is 26.2 Å². The summed E-state index contributed by atoms with van der Waals surface area (Å²) < 4.78 is 1.98. The van der Waals surface area contributed by atoms with Gasteiger partial charge in [-0.15, -0.1) is 0 Å². The number of hydrogen-bond acceptors (Lipinski definition) is 2. The monoisotopic (exact) mass is 218 g/mol. The van der Waals surface area contributed by atoms with Crippen LogP contribution < -0.4 is 0 Å². The summed E-state index contributed by atoms with van der Waals surface area (Å²) in [5.41, 5.74) is 2.75. The molecular weight excluding hydrogens is 204 g/mol. The second-order valence-corrected chi connectivity index (χ2v) is 4.01. The number of aromatic nitrogens is 2. The lowest BCUT2D eigenvalue weighted by Gasteiger charge is -2.06. The van der Waals surface area contributed by atoms with E-state index in [0.29, 0.717) is 0 Å². The summed E-state index contributed by atoms with van der Waals surface area (Å²) in [4.78, 5) is 15.1. The largest absolute Gasteiger partial charge is 0.481 e. The van der Waals surface area contributed by atoms with E-state index in [1.54, 1.807) is 0 Å². The predicted molar refractivity (Wildman–Crippen MR) is 60.6 cm³/mol. The fraction of sp³-hybridized carbons (Fsp3) is 0.333. The minimum absolute atomic E-state index is 0.0580. The van der Waals surface area contributed by atoms with Gasteiger partial charge in [0.2, 0.25) is 0 Å². The van der Waals surface area contributed by atoms with Crippen molar-refractivity contribution in [1.82, 2.24) is 9.38 Å². The number of fused-ring (bicyclic) bond motifs is 1. The number of nitrogens with zero attached hydrogens (tertiary/aromatic N) is 2. The minimum atomic E-state index is -0.788. The highest BCUT2D eigenvalue weighted by atomic mass is 16.4. The summed E-state index contributed by atoms with van der Waals surface area (Å²) in [6.45, 7) is 3.86. The molecule has 1 atom stereocenters. The lowest BCUT2D eigenvalue weighted by atomic mass is 10.0. The average Bonchev–Trinajstić information content (AvgIpc) is 2.56. The van der Waals surface area contributed by atoms with Crippen LogP contribution in [0.4, 0.5) is 0 Å². The molecule has 0 saturated heterocycles. The van der Waals surface area contributed by atoms with Crippen molar-refractivity contribution in [2.75, 3.05) is 0 Å². The zero-order valence-corrected chi connectivity index (χ0v) is 9.34. The van der Waals surface area contributed by atoms with Crippen molar-refractivity contribution < 1.29 is 9.90 Å². The van der Waals surface area contributed by atoms with Crippen LogP contribution in [0.5, 0.6) is 0 Å². The highest BCUT2D eigenvalue weighted by Crippen LogP contribution is 2.22. The van der Waals surface area contributed by atoms with Crippen molar-refractivity contribution in [3.63, 3.8) is 0 Å². The maximum Gasteiger partial charge on any atom is 0.304 e. The average molecular weight is 218 g/mol. The number of pyridine rings is 1. The Morgan fingerprint density at radius 3 is 2.94 bits per heavy atom. The topological polar surface area (TPSA) is 54.6 Å². The number of carbonyl (C=O) groups is 1. The predicted octanol–water partition coefficient (Wildman–Crippen LogP) is 2.22. The Kier molecular flexibility index (Phi) is 2.64. The maximum atomic E-state index is 10.7. The first kappa shape index (κ1) is 10.7. The molecule has 1 unspecified atom stereocenters. The third-order valence-electron chi connectivity index (χ3n) is 2.75. The fourth-order valence-electron chi connectivity index (χ4n) is 1.96. The van der Waals surface area contributed by atoms with Gasteiger partial charge in [-0.25, -0.2) is 4.98 Å². The first-order valence-electron chi connectivity index (χ1n) is 5.25. The zero-order chi connectivity index (χ0) is 11.7. The van der Waals surface area contributed by atoms with Crippen molar-refractivity contribution in [3.8, 4) is 0 Å². The molecule has 2 aromatic rings. The van der Waals surface area contributed by atoms with E-state index in [1.807, 2.05) is 42.6 Å². The molecule has 0 bridgehead atoms. The summed E-state index contributed by atoms with van der Waals surface area (Å²) in [6.07, 6.45) is 2.05. The van der Waals surface area contributed by atoms with Crippen LogP contribution in [0.3, 0.4) is 0 Å². The van der Waals surface area contributed by atoms with Gasteiger partial charge in [-0.2, -0.15) is 0 Å². The van der Waals surface area contributed by atoms with Gasteiger partial charge < -0.3 is 9.51 Å². The number of rotatable bonds is 3. The Balaban J connectivity index is 2.45. The molecule has 0 spiro atoms. The molecule has 84 valence electrons. The third-order valence-corrected chi connectivity index (χ3v) is 2.75. The van der Waals surface area contributed by atoms with Crippen molar-refractivity contribution in [2.24, 2.45) is 0 Å². The summed E-state index contributed by atoms with van der Waals surface area (Å²) in [5.74, 6) is -0.846. The van der Waals surface area contributed by atoms with Crippen LogP contribution in [0.15, 0.2) is 24.4 Å². The van der Waals surface area contributed by atoms with E-state index < -0.39 is 5.97 Å². The number of imidazole rings is 1. The molecule has 2 aromatic heterocycles. The fourth-order valence-corrected chi connectivity index (χ4v) is 1.96. The SMILES string of the molecule is Cc1c(C(C)CC(=O)O)nc2ccccn12. The van der Waals surface area contributed by atoms with Gasteiger partial charge in [0.25, 0.3) is 0 Å². The van der Waals surface area contributed by atoms with E-state index in [4.69, 9.17) is 5.11 Å². The van der Waals surface area contributed by atoms with Crippen LogP contribution in [0.25, 0.3) is 5.65 Å². The van der Waals surface area contributed by atoms with E-state index in [2.05, 4.69) is 4.98 Å². The lowest BCUT2D eigenvalue weighted by Crippen LogP contribution is -2.04. The Morgan fingerprint density at radius 1 is 1.56 bits per heavy atom. The highest BCUT2D eigenvalue weighted by Gasteiger charge is 2.17. The van der Waals surface area contributed by atoms with Crippen LogP contribution in [0.2, 0.25) is 0 Å². The molecule has 0 aliphatic rings. The van der Waals surface area contributed by atoms with Gasteiger partial charge in [0, 0.05) is 17.8 Å². The molecule has 0 aliphatic heterocycles. The Hall–Kier alpha value is -1.84. The molecule has 2 rings (SSSR count). The number of carboxylic acid groups (broad SMARTS) is 1. The van der Waals surface area contributed by atoms with Gasteiger partial charge >= 0.3 is 5.97 Å². The van der Waals surface area contributed by atoms with Gasteiger partial charge in [-0.05, 0) is 19.1 Å². The van der Waals surface area contributed by atoms with Gasteiger partial charge in [0.15, 0.2) is 0 Å². The normalized spacial score (nSPS) is 12.9. The number of hydrogen-bond donors (Lipinski definition) is 1. The second kappa shape index (κ2) is 3.96. The van der Waals surface area contributed by atoms with Crippen LogP contribution in [-0.4, -0.2) is 20.5 Å². The summed E-state index contributed by atoms with van der Waals surface area (Å²) in [5, 5.41) is 8.78. The van der Waals surface area contributed by atoms with E-state index in [9.17, 15) is 4.79 Å². The molecule has 0 aromatic carbocycles. The Labute approximate surface area is 93.5 Å². The summed E-state index contributed by atoms with van der Waals surface area (Å²) in [6, 6.07) is 5.78. The van der Waals surface area contributed by atoms with Crippen LogP contribution in [0.1, 0.15) is 30.7 Å². The molecule has 0 aliphatic carbocycles. The molecule has 0 saturated carbocycles. The Morgan fingerprint density at radius 2 is 2.31 bits per heavy atom. The molecule has 2 heterocycles. The number of aliphatic carboxylic acids is 1. The molecule has 0 fully saturated rings. The standard InChI is InChI=1S/C12H14N2O2/c1-8(7-11(15)16)12-9(2)14-6-4-3-5-10(14)13-12/h3-6,8H,7H2,1-2H3,(H,15,16). The molecule has 4 heteroatoms. The van der Waals surface area contributed by atoms with Crippen molar-refractivity contribution >= 4 is 11.6 Å². The van der Waals surface area contributed by atoms with E-state index in [0.717, 1.165) is 17.0 Å².